The molecule has 8 heteroatoms. The van der Waals surface area contributed by atoms with Gasteiger partial charge in [-0.3, -0.25) is 13.9 Å². The van der Waals surface area contributed by atoms with Crippen LogP contribution in [0.15, 0.2) is 20.7 Å². The van der Waals surface area contributed by atoms with Gasteiger partial charge in [0.15, 0.2) is 10.3 Å². The highest BCUT2D eigenvalue weighted by Crippen LogP contribution is 2.09. The molecule has 0 aliphatic carbocycles. The van der Waals surface area contributed by atoms with Crippen molar-refractivity contribution in [1.82, 2.24) is 18.7 Å². The third kappa shape index (κ3) is 2.19. The molecule has 0 aromatic carbocycles. The lowest BCUT2D eigenvalue weighted by Gasteiger charge is -2.05. The number of aryl methyl sites for hydroxylation is 1. The second kappa shape index (κ2) is 4.82. The highest BCUT2D eigenvalue weighted by atomic mass is 35.5. The average molecular weight is 301 g/mol. The predicted molar refractivity (Wildman–Crippen MR) is 77.2 cm³/mol. The molecule has 1 N–H and O–H groups in total. The predicted octanol–water partition coefficient (Wildman–Crippen LogP) is 1.24. The molecule has 0 aliphatic heterocycles. The first-order chi connectivity index (χ1) is 8.84. The molecule has 2 rings (SSSR count). The van der Waals surface area contributed by atoms with Crippen LogP contribution in [0, 0.1) is 4.77 Å². The zero-order valence-electron chi connectivity index (χ0n) is 10.7. The third-order valence-electron chi connectivity index (χ3n) is 2.94. The maximum atomic E-state index is 12.2. The molecule has 6 nitrogen and oxygen atoms in total. The molecule has 0 amide bonds. The van der Waals surface area contributed by atoms with Crippen molar-refractivity contribution in [2.45, 2.75) is 13.5 Å². The molecule has 0 radical (unpaired) electrons. The molecule has 0 atom stereocenters. The van der Waals surface area contributed by atoms with E-state index in [2.05, 4.69) is 4.98 Å². The van der Waals surface area contributed by atoms with Crippen molar-refractivity contribution in [3.63, 3.8) is 0 Å². The van der Waals surface area contributed by atoms with E-state index in [0.717, 1.165) is 4.57 Å². The molecule has 0 fully saturated rings. The van der Waals surface area contributed by atoms with Gasteiger partial charge < -0.3 is 9.55 Å². The van der Waals surface area contributed by atoms with Crippen molar-refractivity contribution in [1.29, 1.82) is 0 Å². The number of aromatic nitrogens is 4. The zero-order valence-corrected chi connectivity index (χ0v) is 12.3. The second-order valence-electron chi connectivity index (χ2n) is 4.23. The van der Waals surface area contributed by atoms with E-state index in [1.807, 2.05) is 0 Å². The van der Waals surface area contributed by atoms with Crippen LogP contribution in [-0.2, 0) is 20.6 Å². The Bertz CT molecular complexity index is 848. The van der Waals surface area contributed by atoms with Gasteiger partial charge in [0, 0.05) is 25.7 Å². The molecule has 0 saturated heterocycles. The molecule has 2 aromatic rings. The van der Waals surface area contributed by atoms with Crippen molar-refractivity contribution in [2.24, 2.45) is 14.1 Å². The Morgan fingerprint density at radius 1 is 1.37 bits per heavy atom. The molecular weight excluding hydrogens is 288 g/mol. The van der Waals surface area contributed by atoms with E-state index < -0.39 is 5.69 Å². The highest BCUT2D eigenvalue weighted by Gasteiger charge is 2.14. The van der Waals surface area contributed by atoms with Gasteiger partial charge in [-0.15, -0.1) is 0 Å². The number of hydrogen-bond acceptors (Lipinski definition) is 3. The van der Waals surface area contributed by atoms with Gasteiger partial charge in [0.1, 0.15) is 5.65 Å². The lowest BCUT2D eigenvalue weighted by atomic mass is 10.4. The number of halogens is 1. The average Bonchev–Trinajstić information content (AvgIpc) is 2.68. The largest absolute Gasteiger partial charge is 0.332 e. The van der Waals surface area contributed by atoms with E-state index in [9.17, 15) is 9.59 Å². The molecule has 0 saturated carbocycles. The monoisotopic (exact) mass is 300 g/mol. The summed E-state index contributed by atoms with van der Waals surface area (Å²) in [6.45, 7) is 2.12. The minimum atomic E-state index is -0.398. The summed E-state index contributed by atoms with van der Waals surface area (Å²) in [6, 6.07) is 0. The van der Waals surface area contributed by atoms with Gasteiger partial charge in [0.2, 0.25) is 0 Å². The summed E-state index contributed by atoms with van der Waals surface area (Å²) in [5.41, 5.74) is -0.00136. The molecule has 0 aliphatic rings. The summed E-state index contributed by atoms with van der Waals surface area (Å²) in [4.78, 5) is 26.9. The third-order valence-corrected chi connectivity index (χ3v) is 3.41. The fraction of sp³-hybridized carbons (Fsp3) is 0.364. The SMILES string of the molecule is C/C(Cl)=C\Cn1c(=S)[nH]c2c1c(=O)n(C)c(=O)n2C. The van der Waals surface area contributed by atoms with Crippen molar-refractivity contribution in [2.75, 3.05) is 0 Å². The Hall–Kier alpha value is -1.60. The summed E-state index contributed by atoms with van der Waals surface area (Å²) < 4.78 is 4.42. The lowest BCUT2D eigenvalue weighted by Crippen LogP contribution is -2.37. The number of fused-ring (bicyclic) bond motifs is 1. The first-order valence-corrected chi connectivity index (χ1v) is 6.34. The van der Waals surface area contributed by atoms with Crippen LogP contribution in [0.2, 0.25) is 0 Å². The Morgan fingerprint density at radius 3 is 2.58 bits per heavy atom. The highest BCUT2D eigenvalue weighted by molar-refractivity contribution is 7.71. The number of H-pyrrole nitrogens is 1. The zero-order chi connectivity index (χ0) is 14.3. The summed E-state index contributed by atoms with van der Waals surface area (Å²) >= 11 is 11.0. The number of aromatic amines is 1. The van der Waals surface area contributed by atoms with Crippen molar-refractivity contribution in [3.8, 4) is 0 Å². The van der Waals surface area contributed by atoms with Crippen molar-refractivity contribution in [3.05, 3.63) is 36.7 Å². The fourth-order valence-corrected chi connectivity index (χ4v) is 2.21. The van der Waals surface area contributed by atoms with Crippen LogP contribution in [0.25, 0.3) is 11.2 Å². The van der Waals surface area contributed by atoms with E-state index in [0.29, 0.717) is 27.5 Å². The van der Waals surface area contributed by atoms with Gasteiger partial charge in [-0.05, 0) is 19.1 Å². The summed E-state index contributed by atoms with van der Waals surface area (Å²) in [6.07, 6.45) is 1.75. The summed E-state index contributed by atoms with van der Waals surface area (Å²) in [7, 11) is 3.02. The first kappa shape index (κ1) is 13.8. The van der Waals surface area contributed by atoms with Crippen LogP contribution >= 0.6 is 23.8 Å². The van der Waals surface area contributed by atoms with E-state index in [1.165, 1.54) is 11.6 Å². The van der Waals surface area contributed by atoms with Crippen LogP contribution in [0.1, 0.15) is 6.92 Å². The second-order valence-corrected chi connectivity index (χ2v) is 5.22. The molecule has 2 heterocycles. The van der Waals surface area contributed by atoms with Gasteiger partial charge in [-0.1, -0.05) is 17.7 Å². The van der Waals surface area contributed by atoms with E-state index in [4.69, 9.17) is 23.8 Å². The molecule has 102 valence electrons. The van der Waals surface area contributed by atoms with Crippen LogP contribution < -0.4 is 11.2 Å². The van der Waals surface area contributed by atoms with Crippen molar-refractivity contribution < 1.29 is 0 Å². The molecule has 2 aromatic heterocycles. The van der Waals surface area contributed by atoms with Crippen LogP contribution in [0.5, 0.6) is 0 Å². The Morgan fingerprint density at radius 2 is 2.00 bits per heavy atom. The van der Waals surface area contributed by atoms with E-state index in [-0.39, 0.29) is 5.56 Å². The maximum Gasteiger partial charge on any atom is 0.332 e. The fourth-order valence-electron chi connectivity index (χ4n) is 1.87. The maximum absolute atomic E-state index is 12.2. The molecule has 0 unspecified atom stereocenters. The van der Waals surface area contributed by atoms with Gasteiger partial charge in [-0.2, -0.15) is 0 Å². The molecule has 0 bridgehead atoms. The van der Waals surface area contributed by atoms with E-state index in [1.54, 1.807) is 24.6 Å². The van der Waals surface area contributed by atoms with Gasteiger partial charge in [0.05, 0.1) is 0 Å². The topological polar surface area (TPSA) is 64.7 Å². The number of imidazole rings is 1. The number of nitrogens with one attached hydrogen (secondary N) is 1. The number of allylic oxidation sites excluding steroid dienone is 2. The van der Waals surface area contributed by atoms with Crippen LogP contribution in [0.3, 0.4) is 0 Å². The quantitative estimate of drug-likeness (QED) is 0.849. The van der Waals surface area contributed by atoms with Crippen molar-refractivity contribution >= 4 is 35.0 Å². The Labute approximate surface area is 118 Å². The minimum Gasteiger partial charge on any atom is -0.316 e. The normalized spacial score (nSPS) is 12.3. The van der Waals surface area contributed by atoms with Gasteiger partial charge >= 0.3 is 5.69 Å². The van der Waals surface area contributed by atoms with Gasteiger partial charge in [-0.25, -0.2) is 4.79 Å². The summed E-state index contributed by atoms with van der Waals surface area (Å²) in [5, 5.41) is 0.609. The summed E-state index contributed by atoms with van der Waals surface area (Å²) in [5.74, 6) is 0. The number of rotatable bonds is 2. The van der Waals surface area contributed by atoms with Crippen LogP contribution in [0.4, 0.5) is 0 Å². The smallest absolute Gasteiger partial charge is 0.316 e. The number of nitrogens with zero attached hydrogens (tertiary/aromatic N) is 3. The number of hydrogen-bond donors (Lipinski definition) is 1. The standard InChI is InChI=1S/C11H13ClN4O2S/c1-6(12)4-5-16-7-8(13-10(16)19)14(2)11(18)15(3)9(7)17/h4H,5H2,1-3H3,(H,13,19)/b6-4+. The Balaban J connectivity index is 2.92. The van der Waals surface area contributed by atoms with Gasteiger partial charge in [0.25, 0.3) is 5.56 Å². The van der Waals surface area contributed by atoms with E-state index >= 15 is 0 Å². The Kier molecular flexibility index (Phi) is 3.51. The minimum absolute atomic E-state index is 0.365. The molecular formula is C11H13ClN4O2S. The molecule has 0 spiro atoms. The molecule has 19 heavy (non-hydrogen) atoms. The first-order valence-electron chi connectivity index (χ1n) is 5.55. The lowest BCUT2D eigenvalue weighted by molar-refractivity contribution is 0.703. The van der Waals surface area contributed by atoms with Crippen LogP contribution in [-0.4, -0.2) is 18.7 Å².